The molecule has 1 heterocycles. The molecule has 0 saturated carbocycles. The van der Waals surface area contributed by atoms with Crippen LogP contribution in [0.1, 0.15) is 24.3 Å². The molecule has 0 radical (unpaired) electrons. The van der Waals surface area contributed by atoms with Gasteiger partial charge in [0.1, 0.15) is 16.4 Å². The fourth-order valence-corrected chi connectivity index (χ4v) is 4.57. The smallest absolute Gasteiger partial charge is 0.307 e. The van der Waals surface area contributed by atoms with Crippen molar-refractivity contribution < 1.29 is 27.4 Å². The maximum atomic E-state index is 12.9. The van der Waals surface area contributed by atoms with Gasteiger partial charge in [0.25, 0.3) is 0 Å². The first kappa shape index (κ1) is 20.2. The van der Waals surface area contributed by atoms with E-state index in [-0.39, 0.29) is 23.7 Å². The molecule has 2 aromatic rings. The topological polar surface area (TPSA) is 90.9 Å². The lowest BCUT2D eigenvalue weighted by molar-refractivity contribution is -0.143. The summed E-state index contributed by atoms with van der Waals surface area (Å²) in [5, 5.41) is 1.81. The lowest BCUT2D eigenvalue weighted by Gasteiger charge is -2.18. The zero-order chi connectivity index (χ0) is 19.2. The molecular formula is C17H21NO6S2. The number of methoxy groups -OCH3 is 2. The van der Waals surface area contributed by atoms with E-state index < -0.39 is 22.0 Å². The summed E-state index contributed by atoms with van der Waals surface area (Å²) in [6.07, 6.45) is -0.111. The second-order valence-corrected chi connectivity index (χ2v) is 7.88. The second kappa shape index (κ2) is 9.02. The van der Waals surface area contributed by atoms with Crippen molar-refractivity contribution in [2.45, 2.75) is 24.3 Å². The summed E-state index contributed by atoms with van der Waals surface area (Å²) in [6, 6.07) is 7.30. The predicted molar refractivity (Wildman–Crippen MR) is 98.2 cm³/mol. The fourth-order valence-electron chi connectivity index (χ4n) is 2.32. The molecule has 142 valence electrons. The number of thiophene rings is 1. The molecule has 1 aromatic heterocycles. The molecule has 1 unspecified atom stereocenters. The first-order valence-electron chi connectivity index (χ1n) is 7.84. The van der Waals surface area contributed by atoms with Gasteiger partial charge in [0.15, 0.2) is 0 Å². The predicted octanol–water partition coefficient (Wildman–Crippen LogP) is 2.74. The van der Waals surface area contributed by atoms with Gasteiger partial charge in [0, 0.05) is 10.9 Å². The van der Waals surface area contributed by atoms with Gasteiger partial charge in [0.2, 0.25) is 10.0 Å². The Kier molecular flexibility index (Phi) is 7.01. The number of hydrogen-bond donors (Lipinski definition) is 1. The Labute approximate surface area is 156 Å². The van der Waals surface area contributed by atoms with E-state index in [2.05, 4.69) is 4.72 Å². The Hall–Kier alpha value is -2.10. The summed E-state index contributed by atoms with van der Waals surface area (Å²) in [5.41, 5.74) is 0. The van der Waals surface area contributed by atoms with Crippen LogP contribution in [-0.4, -0.2) is 35.2 Å². The molecule has 26 heavy (non-hydrogen) atoms. The molecule has 1 aromatic carbocycles. The monoisotopic (exact) mass is 399 g/mol. The van der Waals surface area contributed by atoms with Crippen molar-refractivity contribution in [1.82, 2.24) is 4.72 Å². The van der Waals surface area contributed by atoms with Crippen LogP contribution in [0.3, 0.4) is 0 Å². The lowest BCUT2D eigenvalue weighted by atomic mass is 10.2. The van der Waals surface area contributed by atoms with Crippen molar-refractivity contribution in [1.29, 1.82) is 0 Å². The van der Waals surface area contributed by atoms with Gasteiger partial charge < -0.3 is 14.2 Å². The zero-order valence-corrected chi connectivity index (χ0v) is 16.4. The molecular weight excluding hydrogens is 378 g/mol. The van der Waals surface area contributed by atoms with Crippen molar-refractivity contribution in [2.24, 2.45) is 0 Å². The summed E-state index contributed by atoms with van der Waals surface area (Å²) in [5.74, 6) is 0.0785. The summed E-state index contributed by atoms with van der Waals surface area (Å²) >= 11 is 1.35. The van der Waals surface area contributed by atoms with Gasteiger partial charge in [-0.25, -0.2) is 13.1 Å². The third-order valence-corrected chi connectivity index (χ3v) is 6.00. The quantitative estimate of drug-likeness (QED) is 0.652. The largest absolute Gasteiger partial charge is 0.497 e. The number of carbonyl (C=O) groups is 1. The third kappa shape index (κ3) is 4.96. The van der Waals surface area contributed by atoms with Crippen LogP contribution in [-0.2, 0) is 19.6 Å². The Morgan fingerprint density at radius 3 is 2.58 bits per heavy atom. The number of esters is 1. The number of rotatable bonds is 9. The minimum Gasteiger partial charge on any atom is -0.497 e. The second-order valence-electron chi connectivity index (χ2n) is 5.22. The molecule has 0 saturated heterocycles. The normalized spacial score (nSPS) is 12.4. The van der Waals surface area contributed by atoms with E-state index in [0.29, 0.717) is 10.6 Å². The van der Waals surface area contributed by atoms with Gasteiger partial charge in [-0.2, -0.15) is 0 Å². The molecule has 1 atom stereocenters. The molecule has 9 heteroatoms. The fraction of sp³-hybridized carbons (Fsp3) is 0.353. The molecule has 0 amide bonds. The van der Waals surface area contributed by atoms with Crippen LogP contribution >= 0.6 is 11.3 Å². The number of nitrogens with one attached hydrogen (secondary N) is 1. The standard InChI is InChI=1S/C17H21NO6S2/c1-4-24-17(19)11-13(15-6-5-9-25-15)18-26(20,21)16-10-12(22-2)7-8-14(16)23-3/h5-10,13,18H,4,11H2,1-3H3. The van der Waals surface area contributed by atoms with Crippen molar-refractivity contribution in [2.75, 3.05) is 20.8 Å². The first-order chi connectivity index (χ1) is 12.4. The maximum Gasteiger partial charge on any atom is 0.307 e. The minimum atomic E-state index is -3.98. The van der Waals surface area contributed by atoms with Gasteiger partial charge in [0.05, 0.1) is 33.3 Å². The Balaban J connectivity index is 2.36. The van der Waals surface area contributed by atoms with Gasteiger partial charge >= 0.3 is 5.97 Å². The Bertz CT molecular complexity index is 833. The van der Waals surface area contributed by atoms with Gasteiger partial charge in [-0.15, -0.1) is 11.3 Å². The van der Waals surface area contributed by atoms with Gasteiger partial charge in [-0.3, -0.25) is 4.79 Å². The summed E-state index contributed by atoms with van der Waals surface area (Å²) in [6.45, 7) is 1.93. The maximum absolute atomic E-state index is 12.9. The van der Waals surface area contributed by atoms with E-state index >= 15 is 0 Å². The van der Waals surface area contributed by atoms with E-state index in [1.807, 2.05) is 5.38 Å². The molecule has 0 fully saturated rings. The SMILES string of the molecule is CCOC(=O)CC(NS(=O)(=O)c1cc(OC)ccc1OC)c1cccs1. The van der Waals surface area contributed by atoms with Crippen LogP contribution in [0.15, 0.2) is 40.6 Å². The number of hydrogen-bond acceptors (Lipinski definition) is 7. The summed E-state index contributed by atoms with van der Waals surface area (Å²) in [4.78, 5) is 12.5. The van der Waals surface area contributed by atoms with E-state index in [9.17, 15) is 13.2 Å². The highest BCUT2D eigenvalue weighted by atomic mass is 32.2. The van der Waals surface area contributed by atoms with Crippen LogP contribution in [0.2, 0.25) is 0 Å². The Morgan fingerprint density at radius 1 is 1.23 bits per heavy atom. The molecule has 0 aliphatic rings. The lowest BCUT2D eigenvalue weighted by Crippen LogP contribution is -2.30. The molecule has 0 aliphatic carbocycles. The summed E-state index contributed by atoms with van der Waals surface area (Å²) < 4.78 is 43.7. The van der Waals surface area contributed by atoms with Crippen LogP contribution < -0.4 is 14.2 Å². The number of sulfonamides is 1. The highest BCUT2D eigenvalue weighted by Gasteiger charge is 2.27. The molecule has 0 spiro atoms. The van der Waals surface area contributed by atoms with Crippen molar-refractivity contribution in [3.05, 3.63) is 40.6 Å². The van der Waals surface area contributed by atoms with Gasteiger partial charge in [-0.1, -0.05) is 6.07 Å². The van der Waals surface area contributed by atoms with Crippen molar-refractivity contribution in [3.8, 4) is 11.5 Å². The van der Waals surface area contributed by atoms with E-state index in [0.717, 1.165) is 0 Å². The highest BCUT2D eigenvalue weighted by Crippen LogP contribution is 2.31. The van der Waals surface area contributed by atoms with E-state index in [1.54, 1.807) is 25.1 Å². The highest BCUT2D eigenvalue weighted by molar-refractivity contribution is 7.89. The van der Waals surface area contributed by atoms with Crippen molar-refractivity contribution in [3.63, 3.8) is 0 Å². The molecule has 1 N–H and O–H groups in total. The Morgan fingerprint density at radius 2 is 2.00 bits per heavy atom. The van der Waals surface area contributed by atoms with E-state index in [1.165, 1.54) is 37.7 Å². The molecule has 7 nitrogen and oxygen atoms in total. The van der Waals surface area contributed by atoms with Crippen LogP contribution in [0.25, 0.3) is 0 Å². The molecule has 2 rings (SSSR count). The number of benzene rings is 1. The molecule has 0 aliphatic heterocycles. The average molecular weight is 399 g/mol. The van der Waals surface area contributed by atoms with Crippen molar-refractivity contribution >= 4 is 27.3 Å². The van der Waals surface area contributed by atoms with Gasteiger partial charge in [-0.05, 0) is 30.5 Å². The zero-order valence-electron chi connectivity index (χ0n) is 14.7. The minimum absolute atomic E-state index is 0.0650. The average Bonchev–Trinajstić information content (AvgIpc) is 3.15. The third-order valence-electron chi connectivity index (χ3n) is 3.52. The number of carbonyl (C=O) groups excluding carboxylic acids is 1. The molecule has 0 bridgehead atoms. The first-order valence-corrected chi connectivity index (χ1v) is 10.2. The van der Waals surface area contributed by atoms with E-state index in [4.69, 9.17) is 14.2 Å². The summed E-state index contributed by atoms with van der Waals surface area (Å²) in [7, 11) is -1.15. The van der Waals surface area contributed by atoms with Crippen LogP contribution in [0.5, 0.6) is 11.5 Å². The number of ether oxygens (including phenoxy) is 3. The van der Waals surface area contributed by atoms with Crippen LogP contribution in [0.4, 0.5) is 0 Å². The van der Waals surface area contributed by atoms with Crippen LogP contribution in [0, 0.1) is 0 Å².